The lowest BCUT2D eigenvalue weighted by molar-refractivity contribution is 0.0948. The highest BCUT2D eigenvalue weighted by molar-refractivity contribution is 5.89. The molecule has 3 nitrogen and oxygen atoms in total. The van der Waals surface area contributed by atoms with Crippen molar-refractivity contribution in [2.45, 2.75) is 32.2 Å². The van der Waals surface area contributed by atoms with Gasteiger partial charge in [-0.1, -0.05) is 11.6 Å². The van der Waals surface area contributed by atoms with Gasteiger partial charge in [0.1, 0.15) is 0 Å². The van der Waals surface area contributed by atoms with Crippen LogP contribution in [0.1, 0.15) is 35.7 Å². The fraction of sp³-hybridized carbons (Fsp3) is 0.444. The number of rotatable bonds is 0. The lowest BCUT2D eigenvalue weighted by Crippen LogP contribution is -2.45. The van der Waals surface area contributed by atoms with Crippen LogP contribution >= 0.6 is 0 Å². The van der Waals surface area contributed by atoms with Gasteiger partial charge in [0.15, 0.2) is 5.88 Å². The standard InChI is InChI=1S/C18H20N2O/c1-11-4-5-15-14(9-11)13-6-8-19-7-2-3-12-10-16(21)20(15)18(13)17(12)19/h4-5,9-10,12,17,21H,2-3,6-8H2,1H3/t12-,17-/m1/s1. The molecule has 0 spiro atoms. The summed E-state index contributed by atoms with van der Waals surface area (Å²) in [6, 6.07) is 7.08. The summed E-state index contributed by atoms with van der Waals surface area (Å²) in [5, 5.41) is 11.9. The largest absolute Gasteiger partial charge is 0.494 e. The number of benzene rings is 1. The molecule has 1 fully saturated rings. The predicted molar refractivity (Wildman–Crippen MR) is 84.3 cm³/mol. The molecule has 3 heteroatoms. The van der Waals surface area contributed by atoms with Gasteiger partial charge in [0.2, 0.25) is 0 Å². The molecule has 1 N–H and O–H groups in total. The van der Waals surface area contributed by atoms with E-state index in [-0.39, 0.29) is 0 Å². The first-order chi connectivity index (χ1) is 10.2. The van der Waals surface area contributed by atoms with E-state index in [9.17, 15) is 5.11 Å². The van der Waals surface area contributed by atoms with E-state index in [1.54, 1.807) is 0 Å². The Morgan fingerprint density at radius 2 is 2.14 bits per heavy atom. The molecule has 2 aromatic rings. The van der Waals surface area contributed by atoms with Crippen molar-refractivity contribution < 1.29 is 5.11 Å². The first kappa shape index (κ1) is 11.9. The molecule has 2 atom stereocenters. The van der Waals surface area contributed by atoms with Gasteiger partial charge in [0.25, 0.3) is 0 Å². The number of aliphatic hydroxyl groups excluding tert-OH is 1. The second kappa shape index (κ2) is 3.92. The van der Waals surface area contributed by atoms with Gasteiger partial charge in [-0.25, -0.2) is 0 Å². The maximum Gasteiger partial charge on any atom is 0.192 e. The summed E-state index contributed by atoms with van der Waals surface area (Å²) in [6.45, 7) is 4.52. The van der Waals surface area contributed by atoms with Crippen LogP contribution in [0.2, 0.25) is 0 Å². The van der Waals surface area contributed by atoms with E-state index in [4.69, 9.17) is 0 Å². The predicted octanol–water partition coefficient (Wildman–Crippen LogP) is 3.63. The molecule has 3 aliphatic rings. The van der Waals surface area contributed by atoms with Crippen LogP contribution in [-0.4, -0.2) is 27.7 Å². The van der Waals surface area contributed by atoms with Crippen molar-refractivity contribution in [3.63, 3.8) is 0 Å². The fourth-order valence-electron chi connectivity index (χ4n) is 4.73. The Morgan fingerprint density at radius 1 is 1.24 bits per heavy atom. The number of hydrogen-bond acceptors (Lipinski definition) is 2. The molecule has 0 amide bonds. The minimum atomic E-state index is 0.440. The van der Waals surface area contributed by atoms with Crippen LogP contribution in [0.15, 0.2) is 24.3 Å². The number of aryl methyl sites for hydroxylation is 1. The summed E-state index contributed by atoms with van der Waals surface area (Å²) in [7, 11) is 0. The molecule has 108 valence electrons. The third-order valence-corrected chi connectivity index (χ3v) is 5.57. The average Bonchev–Trinajstić information content (AvgIpc) is 2.81. The van der Waals surface area contributed by atoms with Gasteiger partial charge in [-0.3, -0.25) is 9.47 Å². The van der Waals surface area contributed by atoms with Crippen molar-refractivity contribution in [2.75, 3.05) is 13.1 Å². The van der Waals surface area contributed by atoms with Crippen molar-refractivity contribution in [1.29, 1.82) is 0 Å². The highest BCUT2D eigenvalue weighted by atomic mass is 16.3. The quantitative estimate of drug-likeness (QED) is 0.798. The summed E-state index contributed by atoms with van der Waals surface area (Å²) in [5.74, 6) is 0.922. The van der Waals surface area contributed by atoms with Crippen LogP contribution in [-0.2, 0) is 6.42 Å². The lowest BCUT2D eigenvalue weighted by Gasteiger charge is -2.45. The van der Waals surface area contributed by atoms with Crippen LogP contribution in [0.3, 0.4) is 0 Å². The molecule has 0 saturated carbocycles. The van der Waals surface area contributed by atoms with Crippen molar-refractivity contribution in [3.8, 4) is 0 Å². The summed E-state index contributed by atoms with van der Waals surface area (Å²) in [6.07, 6.45) is 5.65. The minimum Gasteiger partial charge on any atom is -0.494 e. The van der Waals surface area contributed by atoms with E-state index in [0.717, 1.165) is 13.0 Å². The topological polar surface area (TPSA) is 28.4 Å². The molecule has 1 saturated heterocycles. The summed E-state index contributed by atoms with van der Waals surface area (Å²) >= 11 is 0. The number of nitrogens with zero attached hydrogens (tertiary/aromatic N) is 2. The summed E-state index contributed by atoms with van der Waals surface area (Å²) < 4.78 is 2.11. The van der Waals surface area contributed by atoms with E-state index in [1.165, 1.54) is 47.1 Å². The molecule has 0 aliphatic carbocycles. The van der Waals surface area contributed by atoms with E-state index in [0.29, 0.717) is 17.8 Å². The van der Waals surface area contributed by atoms with Crippen LogP contribution in [0, 0.1) is 12.8 Å². The van der Waals surface area contributed by atoms with Gasteiger partial charge in [-0.05, 0) is 56.5 Å². The van der Waals surface area contributed by atoms with Crippen molar-refractivity contribution in [3.05, 3.63) is 41.1 Å². The second-order valence-corrected chi connectivity index (χ2v) is 6.78. The zero-order valence-electron chi connectivity index (χ0n) is 12.3. The summed E-state index contributed by atoms with van der Waals surface area (Å²) in [4.78, 5) is 2.63. The molecule has 4 heterocycles. The molecular formula is C18H20N2O. The Labute approximate surface area is 124 Å². The van der Waals surface area contributed by atoms with Crippen LogP contribution < -0.4 is 0 Å². The first-order valence-electron chi connectivity index (χ1n) is 8.03. The summed E-state index contributed by atoms with van der Waals surface area (Å²) in [5.41, 5.74) is 5.31. The monoisotopic (exact) mass is 280 g/mol. The third-order valence-electron chi connectivity index (χ3n) is 5.57. The van der Waals surface area contributed by atoms with Gasteiger partial charge in [0.05, 0.1) is 11.6 Å². The van der Waals surface area contributed by atoms with Crippen LogP contribution in [0.4, 0.5) is 0 Å². The fourth-order valence-corrected chi connectivity index (χ4v) is 4.73. The molecular weight excluding hydrogens is 260 g/mol. The molecule has 0 unspecified atom stereocenters. The van der Waals surface area contributed by atoms with E-state index < -0.39 is 0 Å². The Kier molecular flexibility index (Phi) is 2.21. The Morgan fingerprint density at radius 3 is 3.05 bits per heavy atom. The maximum absolute atomic E-state index is 10.6. The number of fused-ring (bicyclic) bond motifs is 3. The highest BCUT2D eigenvalue weighted by Crippen LogP contribution is 2.48. The van der Waals surface area contributed by atoms with Crippen LogP contribution in [0.25, 0.3) is 16.8 Å². The van der Waals surface area contributed by atoms with Gasteiger partial charge >= 0.3 is 0 Å². The average molecular weight is 280 g/mol. The highest BCUT2D eigenvalue weighted by Gasteiger charge is 2.42. The van der Waals surface area contributed by atoms with Gasteiger partial charge in [0, 0.05) is 23.5 Å². The Bertz CT molecular complexity index is 786. The lowest BCUT2D eigenvalue weighted by atomic mass is 9.81. The maximum atomic E-state index is 10.6. The van der Waals surface area contributed by atoms with E-state index >= 15 is 0 Å². The number of aliphatic hydroxyl groups is 1. The number of aromatic nitrogens is 1. The molecule has 1 aromatic carbocycles. The van der Waals surface area contributed by atoms with Crippen molar-refractivity contribution in [2.24, 2.45) is 5.92 Å². The first-order valence-corrected chi connectivity index (χ1v) is 8.03. The zero-order valence-corrected chi connectivity index (χ0v) is 12.3. The number of hydrogen-bond donors (Lipinski definition) is 1. The van der Waals surface area contributed by atoms with Crippen LogP contribution in [0.5, 0.6) is 0 Å². The molecule has 3 aliphatic heterocycles. The molecule has 0 bridgehead atoms. The Hall–Kier alpha value is -1.74. The molecule has 0 radical (unpaired) electrons. The third kappa shape index (κ3) is 1.42. The molecule has 1 aromatic heterocycles. The van der Waals surface area contributed by atoms with Gasteiger partial charge in [-0.15, -0.1) is 0 Å². The normalized spacial score (nSPS) is 27.6. The van der Waals surface area contributed by atoms with E-state index in [1.807, 2.05) is 0 Å². The molecule has 5 rings (SSSR count). The zero-order chi connectivity index (χ0) is 14.1. The SMILES string of the molecule is Cc1ccc2c(c1)c1c3n2C(O)=C[C@H]2CCCN(CC1)[C@@H]32. The minimum absolute atomic E-state index is 0.440. The van der Waals surface area contributed by atoms with Crippen molar-refractivity contribution in [1.82, 2.24) is 9.47 Å². The Balaban J connectivity index is 1.88. The van der Waals surface area contributed by atoms with Crippen molar-refractivity contribution >= 4 is 16.8 Å². The molecule has 21 heavy (non-hydrogen) atoms. The second-order valence-electron chi connectivity index (χ2n) is 6.78. The van der Waals surface area contributed by atoms with Gasteiger partial charge in [-0.2, -0.15) is 0 Å². The smallest absolute Gasteiger partial charge is 0.192 e. The van der Waals surface area contributed by atoms with E-state index in [2.05, 4.69) is 40.7 Å². The van der Waals surface area contributed by atoms with Gasteiger partial charge < -0.3 is 5.11 Å². The number of piperidine rings is 1.